The zero-order valence-corrected chi connectivity index (χ0v) is 20.1. The van der Waals surface area contributed by atoms with Crippen LogP contribution in [0.25, 0.3) is 10.9 Å². The number of aryl methyl sites for hydroxylation is 1. The minimum Gasteiger partial charge on any atom is -0.368 e. The van der Waals surface area contributed by atoms with Crippen molar-refractivity contribution in [3.63, 3.8) is 0 Å². The molecule has 1 amide bonds. The predicted octanol–water partition coefficient (Wildman–Crippen LogP) is 3.28. The van der Waals surface area contributed by atoms with Crippen molar-refractivity contribution in [3.05, 3.63) is 90.1 Å². The Labute approximate surface area is 204 Å². The number of amides is 1. The molecule has 0 unspecified atom stereocenters. The molecule has 0 atom stereocenters. The number of rotatable bonds is 3. The fourth-order valence-electron chi connectivity index (χ4n) is 4.12. The van der Waals surface area contributed by atoms with E-state index in [1.165, 1.54) is 0 Å². The van der Waals surface area contributed by atoms with Gasteiger partial charge in [-0.05, 0) is 49.2 Å². The Morgan fingerprint density at radius 1 is 0.857 bits per heavy atom. The molecule has 1 aliphatic heterocycles. The number of nitrogens with zero attached hydrogens (tertiary/aromatic N) is 4. The maximum absolute atomic E-state index is 13.3. The van der Waals surface area contributed by atoms with Gasteiger partial charge in [0.05, 0.1) is 10.4 Å². The molecule has 5 rings (SSSR count). The van der Waals surface area contributed by atoms with Gasteiger partial charge in [-0.25, -0.2) is 0 Å². The first kappa shape index (κ1) is 22.7. The van der Waals surface area contributed by atoms with Gasteiger partial charge < -0.3 is 9.80 Å². The first-order valence-corrected chi connectivity index (χ1v) is 12.8. The lowest BCUT2D eigenvalue weighted by molar-refractivity contribution is -0.125. The van der Waals surface area contributed by atoms with Gasteiger partial charge >= 0.3 is 0 Å². The normalized spacial score (nSPS) is 14.0. The van der Waals surface area contributed by atoms with E-state index >= 15 is 0 Å². The number of fused-ring (bicyclic) bond motifs is 1. The molecule has 1 aliphatic rings. The summed E-state index contributed by atoms with van der Waals surface area (Å²) in [6.45, 7) is 4.48. The molecule has 2 heterocycles. The Balaban J connectivity index is 1.39. The van der Waals surface area contributed by atoms with Gasteiger partial charge in [0.25, 0.3) is 15.9 Å². The SMILES string of the molecule is Cc1ccc(S(=O)(=O)n2nc(C#CC(=O)N3CCN(c4ccccc4)CC3)c3ccccc32)cc1. The van der Waals surface area contributed by atoms with Gasteiger partial charge in [0.2, 0.25) is 0 Å². The minimum atomic E-state index is -3.92. The van der Waals surface area contributed by atoms with Crippen LogP contribution in [-0.4, -0.2) is 54.6 Å². The van der Waals surface area contributed by atoms with Crippen LogP contribution in [0, 0.1) is 18.8 Å². The van der Waals surface area contributed by atoms with Crippen LogP contribution in [0.4, 0.5) is 5.69 Å². The van der Waals surface area contributed by atoms with E-state index in [0.29, 0.717) is 24.0 Å². The van der Waals surface area contributed by atoms with Crippen LogP contribution in [0.15, 0.2) is 83.8 Å². The molecule has 0 aliphatic carbocycles. The van der Waals surface area contributed by atoms with Crippen LogP contribution in [-0.2, 0) is 14.8 Å². The third-order valence-electron chi connectivity index (χ3n) is 6.08. The molecule has 0 bridgehead atoms. The summed E-state index contributed by atoms with van der Waals surface area (Å²) in [6.07, 6.45) is 0. The van der Waals surface area contributed by atoms with Crippen molar-refractivity contribution in [3.8, 4) is 11.8 Å². The number of benzene rings is 3. The molecule has 1 fully saturated rings. The Kier molecular flexibility index (Phi) is 6.01. The number of hydrogen-bond donors (Lipinski definition) is 0. The lowest BCUT2D eigenvalue weighted by Crippen LogP contribution is -2.48. The van der Waals surface area contributed by atoms with Crippen molar-refractivity contribution in [2.24, 2.45) is 0 Å². The topological polar surface area (TPSA) is 75.5 Å². The van der Waals surface area contributed by atoms with Gasteiger partial charge in [-0.2, -0.15) is 12.5 Å². The number of aromatic nitrogens is 2. The number of para-hydroxylation sites is 2. The second-order valence-corrected chi connectivity index (χ2v) is 10.2. The molecule has 0 spiro atoms. The first-order chi connectivity index (χ1) is 16.9. The van der Waals surface area contributed by atoms with Crippen LogP contribution >= 0.6 is 0 Å². The third-order valence-corrected chi connectivity index (χ3v) is 7.68. The highest BCUT2D eigenvalue weighted by atomic mass is 32.2. The van der Waals surface area contributed by atoms with Crippen molar-refractivity contribution in [1.29, 1.82) is 0 Å². The summed E-state index contributed by atoms with van der Waals surface area (Å²) in [4.78, 5) is 16.9. The van der Waals surface area contributed by atoms with Crippen LogP contribution in [0.5, 0.6) is 0 Å². The average Bonchev–Trinajstić information content (AvgIpc) is 3.28. The van der Waals surface area contributed by atoms with Crippen molar-refractivity contribution in [2.75, 3.05) is 31.1 Å². The van der Waals surface area contributed by atoms with E-state index in [1.807, 2.05) is 25.1 Å². The van der Waals surface area contributed by atoms with Crippen LogP contribution in [0.3, 0.4) is 0 Å². The number of piperazine rings is 1. The Bertz CT molecular complexity index is 1540. The summed E-state index contributed by atoms with van der Waals surface area (Å²) in [7, 11) is -3.92. The molecule has 4 aromatic rings. The van der Waals surface area contributed by atoms with Crippen molar-refractivity contribution in [2.45, 2.75) is 11.8 Å². The lowest BCUT2D eigenvalue weighted by atomic mass is 10.2. The lowest BCUT2D eigenvalue weighted by Gasteiger charge is -2.35. The van der Waals surface area contributed by atoms with E-state index in [9.17, 15) is 13.2 Å². The highest BCUT2D eigenvalue weighted by molar-refractivity contribution is 7.90. The molecule has 0 N–H and O–H groups in total. The maximum atomic E-state index is 13.3. The summed E-state index contributed by atoms with van der Waals surface area (Å²) in [5.74, 6) is 5.21. The summed E-state index contributed by atoms with van der Waals surface area (Å²) in [6, 6.07) is 23.7. The molecule has 1 aromatic heterocycles. The van der Waals surface area contributed by atoms with E-state index < -0.39 is 10.0 Å². The highest BCUT2D eigenvalue weighted by Crippen LogP contribution is 2.23. The molecule has 0 radical (unpaired) electrons. The Morgan fingerprint density at radius 3 is 2.23 bits per heavy atom. The number of anilines is 1. The summed E-state index contributed by atoms with van der Waals surface area (Å²) in [5, 5.41) is 4.89. The van der Waals surface area contributed by atoms with Crippen molar-refractivity contribution < 1.29 is 13.2 Å². The molecule has 35 heavy (non-hydrogen) atoms. The van der Waals surface area contributed by atoms with Gasteiger partial charge in [-0.15, -0.1) is 5.10 Å². The molecule has 176 valence electrons. The van der Waals surface area contributed by atoms with E-state index in [2.05, 4.69) is 34.0 Å². The van der Waals surface area contributed by atoms with Gasteiger partial charge in [0.1, 0.15) is 5.69 Å². The maximum Gasteiger partial charge on any atom is 0.299 e. The number of carbonyl (C=O) groups is 1. The largest absolute Gasteiger partial charge is 0.368 e. The van der Waals surface area contributed by atoms with E-state index in [1.54, 1.807) is 53.4 Å². The molecule has 3 aromatic carbocycles. The Hall–Kier alpha value is -4.09. The summed E-state index contributed by atoms with van der Waals surface area (Å²) in [5.41, 5.74) is 2.77. The van der Waals surface area contributed by atoms with E-state index in [0.717, 1.165) is 28.4 Å². The van der Waals surface area contributed by atoms with E-state index in [-0.39, 0.29) is 16.5 Å². The molecule has 8 heteroatoms. The number of carbonyl (C=O) groups excluding carboxylic acids is 1. The standard InChI is InChI=1S/C27H24N4O3S/c1-21-11-13-23(14-12-21)35(33,34)31-26-10-6-5-9-24(26)25(28-31)15-16-27(32)30-19-17-29(18-20-30)22-7-3-2-4-8-22/h2-14H,17-20H2,1H3. The van der Waals surface area contributed by atoms with Gasteiger partial charge in [-0.3, -0.25) is 4.79 Å². The smallest absolute Gasteiger partial charge is 0.299 e. The van der Waals surface area contributed by atoms with E-state index in [4.69, 9.17) is 0 Å². The minimum absolute atomic E-state index is 0.142. The van der Waals surface area contributed by atoms with Gasteiger partial charge in [0, 0.05) is 43.2 Å². The van der Waals surface area contributed by atoms with Crippen LogP contribution in [0.1, 0.15) is 11.3 Å². The second-order valence-electron chi connectivity index (χ2n) is 8.39. The fourth-order valence-corrected chi connectivity index (χ4v) is 5.41. The molecule has 7 nitrogen and oxygen atoms in total. The third kappa shape index (κ3) is 4.51. The molecule has 0 saturated carbocycles. The van der Waals surface area contributed by atoms with Crippen LogP contribution < -0.4 is 4.90 Å². The number of hydrogen-bond acceptors (Lipinski definition) is 5. The zero-order valence-electron chi connectivity index (χ0n) is 19.3. The second kappa shape index (κ2) is 9.28. The zero-order chi connectivity index (χ0) is 24.4. The molecule has 1 saturated heterocycles. The summed E-state index contributed by atoms with van der Waals surface area (Å²) < 4.78 is 27.6. The molecular formula is C27H24N4O3S. The van der Waals surface area contributed by atoms with Gasteiger partial charge in [0.15, 0.2) is 0 Å². The van der Waals surface area contributed by atoms with Crippen molar-refractivity contribution >= 4 is 32.5 Å². The fraction of sp³-hybridized carbons (Fsp3) is 0.185. The van der Waals surface area contributed by atoms with Gasteiger partial charge in [-0.1, -0.05) is 48.0 Å². The first-order valence-electron chi connectivity index (χ1n) is 11.3. The monoisotopic (exact) mass is 484 g/mol. The van der Waals surface area contributed by atoms with Crippen LogP contribution in [0.2, 0.25) is 0 Å². The average molecular weight is 485 g/mol. The Morgan fingerprint density at radius 2 is 1.51 bits per heavy atom. The van der Waals surface area contributed by atoms with Crippen molar-refractivity contribution in [1.82, 2.24) is 14.1 Å². The summed E-state index contributed by atoms with van der Waals surface area (Å²) >= 11 is 0. The highest BCUT2D eigenvalue weighted by Gasteiger charge is 2.23. The quantitative estimate of drug-likeness (QED) is 0.417. The molecular weight excluding hydrogens is 460 g/mol. The predicted molar refractivity (Wildman–Crippen MR) is 136 cm³/mol.